The highest BCUT2D eigenvalue weighted by Gasteiger charge is 2.12. The number of para-hydroxylation sites is 4. The maximum atomic E-state index is 2.46. The number of hydrogen-bond donors (Lipinski definition) is 0. The molecule has 1 unspecified atom stereocenters. The fraction of sp³-hybridized carbons (Fsp3) is 0.226. The lowest BCUT2D eigenvalue weighted by atomic mass is 10.2. The standard InChI is InChI=1S/C16H17N.C15H15N/c1-3-12(2)17-15-10-6-4-8-13(15)14-9-5-7-11-16(14)17;1-2-11-16-14-9-5-3-7-12(14)13-8-4-6-10-15(13)16/h4-12H,3H2,1-2H3;3-10H,2,11H2,1H3. The van der Waals surface area contributed by atoms with E-state index in [1.165, 1.54) is 50.0 Å². The summed E-state index contributed by atoms with van der Waals surface area (Å²) in [7, 11) is 0. The highest BCUT2D eigenvalue weighted by atomic mass is 15.0. The molecule has 0 saturated heterocycles. The summed E-state index contributed by atoms with van der Waals surface area (Å²) in [4.78, 5) is 0. The van der Waals surface area contributed by atoms with Gasteiger partial charge in [0.05, 0.1) is 0 Å². The van der Waals surface area contributed by atoms with Crippen LogP contribution in [0, 0.1) is 0 Å². The van der Waals surface area contributed by atoms with Crippen LogP contribution in [0.1, 0.15) is 39.7 Å². The van der Waals surface area contributed by atoms with Crippen LogP contribution in [0.3, 0.4) is 0 Å². The Balaban J connectivity index is 0.000000139. The number of rotatable bonds is 4. The third kappa shape index (κ3) is 3.70. The Bertz CT molecular complexity index is 1430. The Labute approximate surface area is 196 Å². The molecule has 0 radical (unpaired) electrons. The van der Waals surface area contributed by atoms with Crippen molar-refractivity contribution in [2.75, 3.05) is 0 Å². The summed E-state index contributed by atoms with van der Waals surface area (Å²) in [5.41, 5.74) is 5.40. The predicted molar refractivity (Wildman–Crippen MR) is 144 cm³/mol. The second kappa shape index (κ2) is 9.15. The van der Waals surface area contributed by atoms with Gasteiger partial charge in [0.2, 0.25) is 0 Å². The van der Waals surface area contributed by atoms with Crippen LogP contribution in [-0.4, -0.2) is 9.13 Å². The largest absolute Gasteiger partial charge is 0.340 e. The van der Waals surface area contributed by atoms with E-state index in [2.05, 4.69) is 127 Å². The van der Waals surface area contributed by atoms with Crippen molar-refractivity contribution in [2.24, 2.45) is 0 Å². The molecule has 0 spiro atoms. The van der Waals surface area contributed by atoms with E-state index >= 15 is 0 Å². The third-order valence-electron chi connectivity index (χ3n) is 6.78. The van der Waals surface area contributed by atoms with Crippen LogP contribution < -0.4 is 0 Å². The molecule has 4 aromatic carbocycles. The van der Waals surface area contributed by atoms with Crippen molar-refractivity contribution >= 4 is 43.6 Å². The first-order chi connectivity index (χ1) is 16.2. The molecule has 0 bridgehead atoms. The SMILES string of the molecule is CCC(C)n1c2ccccc2c2ccccc21.CCCn1c2ccccc2c2ccccc21. The minimum Gasteiger partial charge on any atom is -0.340 e. The molecule has 0 amide bonds. The van der Waals surface area contributed by atoms with Crippen molar-refractivity contribution in [3.8, 4) is 0 Å². The van der Waals surface area contributed by atoms with Gasteiger partial charge in [-0.1, -0.05) is 86.6 Å². The maximum absolute atomic E-state index is 2.46. The molecule has 2 heteroatoms. The highest BCUT2D eigenvalue weighted by Crippen LogP contribution is 2.32. The topological polar surface area (TPSA) is 9.86 Å². The summed E-state index contributed by atoms with van der Waals surface area (Å²) in [5, 5.41) is 5.46. The molecule has 33 heavy (non-hydrogen) atoms. The Morgan fingerprint density at radius 3 is 1.30 bits per heavy atom. The Morgan fingerprint density at radius 1 is 0.545 bits per heavy atom. The van der Waals surface area contributed by atoms with Gasteiger partial charge < -0.3 is 9.13 Å². The van der Waals surface area contributed by atoms with Gasteiger partial charge in [-0.15, -0.1) is 0 Å². The molecule has 6 rings (SSSR count). The molecule has 6 aromatic rings. The van der Waals surface area contributed by atoms with Gasteiger partial charge in [-0.3, -0.25) is 0 Å². The summed E-state index contributed by atoms with van der Waals surface area (Å²) in [6.07, 6.45) is 2.32. The lowest BCUT2D eigenvalue weighted by Crippen LogP contribution is -2.02. The molecule has 0 aliphatic heterocycles. The van der Waals surface area contributed by atoms with Crippen molar-refractivity contribution in [3.63, 3.8) is 0 Å². The monoisotopic (exact) mass is 432 g/mol. The average molecular weight is 433 g/mol. The number of aromatic nitrogens is 2. The third-order valence-corrected chi connectivity index (χ3v) is 6.78. The minimum atomic E-state index is 0.541. The molecule has 0 saturated carbocycles. The first kappa shape index (κ1) is 21.3. The van der Waals surface area contributed by atoms with Crippen molar-refractivity contribution < 1.29 is 0 Å². The van der Waals surface area contributed by atoms with Crippen molar-refractivity contribution in [3.05, 3.63) is 97.1 Å². The lowest BCUT2D eigenvalue weighted by Gasteiger charge is -2.14. The fourth-order valence-electron chi connectivity index (χ4n) is 5.08. The molecular weight excluding hydrogens is 400 g/mol. The first-order valence-electron chi connectivity index (χ1n) is 12.2. The van der Waals surface area contributed by atoms with Crippen LogP contribution in [0.25, 0.3) is 43.6 Å². The number of fused-ring (bicyclic) bond motifs is 6. The predicted octanol–water partition coefficient (Wildman–Crippen LogP) is 8.97. The van der Waals surface area contributed by atoms with Gasteiger partial charge in [-0.05, 0) is 44.0 Å². The van der Waals surface area contributed by atoms with Crippen LogP contribution in [0.5, 0.6) is 0 Å². The van der Waals surface area contributed by atoms with E-state index in [4.69, 9.17) is 0 Å². The van der Waals surface area contributed by atoms with E-state index in [-0.39, 0.29) is 0 Å². The second-order valence-corrected chi connectivity index (χ2v) is 8.85. The molecular formula is C31H32N2. The van der Waals surface area contributed by atoms with Gasteiger partial charge in [0.1, 0.15) is 0 Å². The highest BCUT2D eigenvalue weighted by molar-refractivity contribution is 6.08. The fourth-order valence-corrected chi connectivity index (χ4v) is 5.08. The van der Waals surface area contributed by atoms with Gasteiger partial charge in [-0.2, -0.15) is 0 Å². The van der Waals surface area contributed by atoms with Crippen LogP contribution in [0.15, 0.2) is 97.1 Å². The van der Waals surface area contributed by atoms with Gasteiger partial charge in [0.25, 0.3) is 0 Å². The van der Waals surface area contributed by atoms with E-state index in [0.717, 1.165) is 13.0 Å². The summed E-state index contributed by atoms with van der Waals surface area (Å²) in [6, 6.07) is 35.2. The summed E-state index contributed by atoms with van der Waals surface area (Å²) in [5.74, 6) is 0. The van der Waals surface area contributed by atoms with Crippen LogP contribution in [-0.2, 0) is 6.54 Å². The van der Waals surface area contributed by atoms with Crippen LogP contribution >= 0.6 is 0 Å². The molecule has 0 aliphatic rings. The van der Waals surface area contributed by atoms with Gasteiger partial charge >= 0.3 is 0 Å². The number of nitrogens with zero attached hydrogens (tertiary/aromatic N) is 2. The summed E-state index contributed by atoms with van der Waals surface area (Å²) >= 11 is 0. The van der Waals surface area contributed by atoms with Gasteiger partial charge in [-0.25, -0.2) is 0 Å². The minimum absolute atomic E-state index is 0.541. The Hall–Kier alpha value is -3.52. The normalized spacial score (nSPS) is 12.3. The smallest absolute Gasteiger partial charge is 0.0493 e. The van der Waals surface area contributed by atoms with E-state index < -0.39 is 0 Å². The van der Waals surface area contributed by atoms with Crippen LogP contribution in [0.4, 0.5) is 0 Å². The zero-order valence-electron chi connectivity index (χ0n) is 19.8. The van der Waals surface area contributed by atoms with Crippen molar-refractivity contribution in [1.82, 2.24) is 9.13 Å². The molecule has 0 N–H and O–H groups in total. The van der Waals surface area contributed by atoms with E-state index in [1.807, 2.05) is 0 Å². The van der Waals surface area contributed by atoms with Crippen molar-refractivity contribution in [2.45, 2.75) is 46.2 Å². The van der Waals surface area contributed by atoms with Crippen molar-refractivity contribution in [1.29, 1.82) is 0 Å². The lowest BCUT2D eigenvalue weighted by molar-refractivity contribution is 0.563. The molecule has 166 valence electrons. The quantitative estimate of drug-likeness (QED) is 0.263. The maximum Gasteiger partial charge on any atom is 0.0493 e. The van der Waals surface area contributed by atoms with Gasteiger partial charge in [0.15, 0.2) is 0 Å². The Kier molecular flexibility index (Phi) is 5.92. The molecule has 0 aliphatic carbocycles. The van der Waals surface area contributed by atoms with E-state index in [9.17, 15) is 0 Å². The summed E-state index contributed by atoms with van der Waals surface area (Å²) in [6.45, 7) is 7.85. The average Bonchev–Trinajstić information content (AvgIpc) is 3.38. The number of benzene rings is 4. The van der Waals surface area contributed by atoms with E-state index in [0.29, 0.717) is 6.04 Å². The molecule has 0 fully saturated rings. The second-order valence-electron chi connectivity index (χ2n) is 8.85. The Morgan fingerprint density at radius 2 is 0.909 bits per heavy atom. The van der Waals surface area contributed by atoms with E-state index in [1.54, 1.807) is 0 Å². The molecule has 2 nitrogen and oxygen atoms in total. The first-order valence-corrected chi connectivity index (χ1v) is 12.2. The number of hydrogen-bond acceptors (Lipinski definition) is 0. The van der Waals surface area contributed by atoms with Crippen LogP contribution in [0.2, 0.25) is 0 Å². The summed E-state index contributed by atoms with van der Waals surface area (Å²) < 4.78 is 4.88. The zero-order chi connectivity index (χ0) is 22.8. The molecule has 2 aromatic heterocycles. The molecule has 1 atom stereocenters. The number of aryl methyl sites for hydroxylation is 1. The van der Waals surface area contributed by atoms with Gasteiger partial charge in [0, 0.05) is 56.2 Å². The zero-order valence-corrected chi connectivity index (χ0v) is 19.8. The molecule has 2 heterocycles.